The van der Waals surface area contributed by atoms with Gasteiger partial charge in [-0.1, -0.05) is 18.5 Å². The molecule has 1 aliphatic rings. The van der Waals surface area contributed by atoms with Crippen molar-refractivity contribution in [1.29, 1.82) is 0 Å². The number of pyridine rings is 1. The minimum Gasteiger partial charge on any atom is -0.478 e. The second kappa shape index (κ2) is 8.39. The van der Waals surface area contributed by atoms with Gasteiger partial charge in [0.1, 0.15) is 11.5 Å². The molecule has 0 unspecified atom stereocenters. The number of carbonyl (C=O) groups excluding carboxylic acids is 1. The number of rotatable bonds is 5. The number of hydrogen-bond acceptors (Lipinski definition) is 4. The summed E-state index contributed by atoms with van der Waals surface area (Å²) in [6.45, 7) is 3.06. The second-order valence-electron chi connectivity index (χ2n) is 6.62. The van der Waals surface area contributed by atoms with Crippen LogP contribution in [-0.2, 0) is 0 Å². The van der Waals surface area contributed by atoms with Crippen molar-refractivity contribution in [2.45, 2.75) is 38.6 Å². The molecule has 1 atom stereocenters. The summed E-state index contributed by atoms with van der Waals surface area (Å²) in [6.07, 6.45) is 4.44. The largest absolute Gasteiger partial charge is 0.478 e. The zero-order chi connectivity index (χ0) is 19.4. The van der Waals surface area contributed by atoms with Gasteiger partial charge in [-0.2, -0.15) is 0 Å². The number of nitrogens with one attached hydrogen (secondary N) is 1. The number of amides is 1. The summed E-state index contributed by atoms with van der Waals surface area (Å²) in [4.78, 5) is 30.3. The first-order chi connectivity index (χ1) is 13.0. The van der Waals surface area contributed by atoms with E-state index in [1.807, 2.05) is 0 Å². The molecule has 2 aromatic rings. The highest BCUT2D eigenvalue weighted by atomic mass is 35.5. The van der Waals surface area contributed by atoms with Crippen LogP contribution in [0.2, 0.25) is 5.02 Å². The third-order valence-corrected chi connectivity index (χ3v) is 5.01. The van der Waals surface area contributed by atoms with Crippen LogP contribution in [-0.4, -0.2) is 34.6 Å². The molecule has 1 aromatic heterocycles. The fourth-order valence-electron chi connectivity index (χ4n) is 3.36. The van der Waals surface area contributed by atoms with E-state index < -0.39 is 5.97 Å². The predicted molar refractivity (Wildman–Crippen MR) is 106 cm³/mol. The molecule has 1 saturated heterocycles. The molecule has 0 radical (unpaired) electrons. The Morgan fingerprint density at radius 2 is 2.00 bits per heavy atom. The van der Waals surface area contributed by atoms with Crippen molar-refractivity contribution in [3.8, 4) is 0 Å². The molecular formula is C20H22ClN3O3. The number of benzene rings is 1. The lowest BCUT2D eigenvalue weighted by Crippen LogP contribution is -2.39. The number of nitrogens with zero attached hydrogens (tertiary/aromatic N) is 2. The summed E-state index contributed by atoms with van der Waals surface area (Å²) in [5.74, 6) is -0.673. The average molecular weight is 388 g/mol. The van der Waals surface area contributed by atoms with E-state index in [-0.39, 0.29) is 17.2 Å². The third kappa shape index (κ3) is 4.57. The Morgan fingerprint density at radius 1 is 1.26 bits per heavy atom. The summed E-state index contributed by atoms with van der Waals surface area (Å²) in [7, 11) is 0. The van der Waals surface area contributed by atoms with Crippen molar-refractivity contribution in [1.82, 2.24) is 4.98 Å². The summed E-state index contributed by atoms with van der Waals surface area (Å²) in [5.41, 5.74) is 0.893. The van der Waals surface area contributed by atoms with E-state index in [0.717, 1.165) is 31.6 Å². The van der Waals surface area contributed by atoms with Crippen LogP contribution in [0, 0.1) is 0 Å². The van der Waals surface area contributed by atoms with Crippen molar-refractivity contribution >= 4 is 35.0 Å². The number of hydrogen-bond donors (Lipinski definition) is 2. The molecule has 1 aromatic carbocycles. The number of aromatic nitrogens is 1. The highest BCUT2D eigenvalue weighted by molar-refractivity contribution is 6.31. The molecule has 6 nitrogen and oxygen atoms in total. The third-order valence-electron chi connectivity index (χ3n) is 4.79. The van der Waals surface area contributed by atoms with Crippen LogP contribution in [0.15, 0.2) is 36.4 Å². The summed E-state index contributed by atoms with van der Waals surface area (Å²) in [5, 5.41) is 12.1. The highest BCUT2D eigenvalue weighted by Crippen LogP contribution is 2.27. The molecule has 1 aliphatic heterocycles. The molecular weight excluding hydrogens is 366 g/mol. The van der Waals surface area contributed by atoms with Crippen LogP contribution in [0.4, 0.5) is 11.5 Å². The SMILES string of the molecule is CC[C@H]1CCCCN1c1cc(Cl)cc(C(=O)Nc2ccc(C(=O)O)cc2)n1. The summed E-state index contributed by atoms with van der Waals surface area (Å²) in [6, 6.07) is 9.71. The van der Waals surface area contributed by atoms with Gasteiger partial charge in [-0.05, 0) is 62.1 Å². The number of carboxylic acids is 1. The Labute approximate surface area is 163 Å². The fourth-order valence-corrected chi connectivity index (χ4v) is 3.57. The predicted octanol–water partition coefficient (Wildman–Crippen LogP) is 4.45. The van der Waals surface area contributed by atoms with Gasteiger partial charge < -0.3 is 15.3 Å². The smallest absolute Gasteiger partial charge is 0.335 e. The molecule has 0 aliphatic carbocycles. The number of piperidine rings is 1. The molecule has 7 heteroatoms. The van der Waals surface area contributed by atoms with Crippen LogP contribution in [0.1, 0.15) is 53.5 Å². The molecule has 2 heterocycles. The van der Waals surface area contributed by atoms with E-state index in [2.05, 4.69) is 22.1 Å². The molecule has 142 valence electrons. The number of aromatic carboxylic acids is 1. The molecule has 3 rings (SSSR count). The molecule has 0 saturated carbocycles. The lowest BCUT2D eigenvalue weighted by atomic mass is 10.00. The van der Waals surface area contributed by atoms with Gasteiger partial charge in [0, 0.05) is 23.3 Å². The number of anilines is 2. The van der Waals surface area contributed by atoms with Gasteiger partial charge in [-0.3, -0.25) is 4.79 Å². The number of carbonyl (C=O) groups is 2. The zero-order valence-corrected chi connectivity index (χ0v) is 15.9. The molecule has 2 N–H and O–H groups in total. The van der Waals surface area contributed by atoms with Crippen LogP contribution >= 0.6 is 11.6 Å². The van der Waals surface area contributed by atoms with Gasteiger partial charge in [0.25, 0.3) is 5.91 Å². The van der Waals surface area contributed by atoms with Gasteiger partial charge in [0.05, 0.1) is 5.56 Å². The quantitative estimate of drug-likeness (QED) is 0.791. The molecule has 0 spiro atoms. The van der Waals surface area contributed by atoms with E-state index in [1.165, 1.54) is 24.6 Å². The molecule has 0 bridgehead atoms. The Morgan fingerprint density at radius 3 is 2.67 bits per heavy atom. The Kier molecular flexibility index (Phi) is 5.96. The normalized spacial score (nSPS) is 16.8. The first kappa shape index (κ1) is 19.2. The maximum atomic E-state index is 12.6. The maximum Gasteiger partial charge on any atom is 0.335 e. The first-order valence-corrected chi connectivity index (χ1v) is 9.44. The fraction of sp³-hybridized carbons (Fsp3) is 0.350. The van der Waals surface area contributed by atoms with Crippen molar-refractivity contribution in [3.63, 3.8) is 0 Å². The highest BCUT2D eigenvalue weighted by Gasteiger charge is 2.23. The van der Waals surface area contributed by atoms with Gasteiger partial charge in [-0.25, -0.2) is 9.78 Å². The first-order valence-electron chi connectivity index (χ1n) is 9.07. The van der Waals surface area contributed by atoms with Gasteiger partial charge >= 0.3 is 5.97 Å². The Balaban J connectivity index is 1.80. The van der Waals surface area contributed by atoms with Crippen molar-refractivity contribution < 1.29 is 14.7 Å². The van der Waals surface area contributed by atoms with Crippen LogP contribution in [0.5, 0.6) is 0 Å². The van der Waals surface area contributed by atoms with Gasteiger partial charge in [0.15, 0.2) is 0 Å². The molecule has 1 amide bonds. The van der Waals surface area contributed by atoms with Crippen molar-refractivity contribution in [2.24, 2.45) is 0 Å². The lowest BCUT2D eigenvalue weighted by molar-refractivity contribution is 0.0696. The topological polar surface area (TPSA) is 82.5 Å². The standard InChI is InChI=1S/C20H22ClN3O3/c1-2-16-5-3-4-10-24(16)18-12-14(21)11-17(23-18)19(25)22-15-8-6-13(7-9-15)20(26)27/h6-9,11-12,16H,2-5,10H2,1H3,(H,22,25)(H,26,27)/t16-/m0/s1. The van der Waals surface area contributed by atoms with E-state index in [9.17, 15) is 9.59 Å². The Bertz CT molecular complexity index is 839. The lowest BCUT2D eigenvalue weighted by Gasteiger charge is -2.36. The maximum absolute atomic E-state index is 12.6. The van der Waals surface area contributed by atoms with Crippen LogP contribution in [0.25, 0.3) is 0 Å². The van der Waals surface area contributed by atoms with Crippen molar-refractivity contribution in [3.05, 3.63) is 52.7 Å². The molecule has 1 fully saturated rings. The zero-order valence-electron chi connectivity index (χ0n) is 15.1. The van der Waals surface area contributed by atoms with Crippen LogP contribution in [0.3, 0.4) is 0 Å². The summed E-state index contributed by atoms with van der Waals surface area (Å²) >= 11 is 6.25. The summed E-state index contributed by atoms with van der Waals surface area (Å²) < 4.78 is 0. The monoisotopic (exact) mass is 387 g/mol. The minimum absolute atomic E-state index is 0.159. The van der Waals surface area contributed by atoms with Crippen LogP contribution < -0.4 is 10.2 Å². The van der Waals surface area contributed by atoms with E-state index in [0.29, 0.717) is 16.8 Å². The molecule has 27 heavy (non-hydrogen) atoms. The van der Waals surface area contributed by atoms with Gasteiger partial charge in [0.2, 0.25) is 0 Å². The average Bonchev–Trinajstić information content (AvgIpc) is 2.67. The van der Waals surface area contributed by atoms with Gasteiger partial charge in [-0.15, -0.1) is 0 Å². The van der Waals surface area contributed by atoms with E-state index >= 15 is 0 Å². The van der Waals surface area contributed by atoms with E-state index in [4.69, 9.17) is 16.7 Å². The second-order valence-corrected chi connectivity index (χ2v) is 7.05. The van der Waals surface area contributed by atoms with E-state index in [1.54, 1.807) is 18.2 Å². The number of carboxylic acid groups (broad SMARTS) is 1. The minimum atomic E-state index is -1.01. The number of halogens is 1. The van der Waals surface area contributed by atoms with Crippen molar-refractivity contribution in [2.75, 3.05) is 16.8 Å². The Hall–Kier alpha value is -2.60.